The Morgan fingerprint density at radius 2 is 1.91 bits per heavy atom. The third kappa shape index (κ3) is 4.86. The molecular formula is C16H22F2N2O2. The van der Waals surface area contributed by atoms with Crippen LogP contribution in [0.5, 0.6) is 5.75 Å². The van der Waals surface area contributed by atoms with Crippen molar-refractivity contribution in [2.24, 2.45) is 0 Å². The van der Waals surface area contributed by atoms with Gasteiger partial charge in [0.2, 0.25) is 0 Å². The van der Waals surface area contributed by atoms with Crippen molar-refractivity contribution in [3.63, 3.8) is 0 Å². The van der Waals surface area contributed by atoms with E-state index in [-0.39, 0.29) is 32.0 Å². The first-order chi connectivity index (χ1) is 10.5. The number of hydrogen-bond donors (Lipinski definition) is 1. The summed E-state index contributed by atoms with van der Waals surface area (Å²) in [5.41, 5.74) is 1.17. The Balaban J connectivity index is 1.64. The van der Waals surface area contributed by atoms with Gasteiger partial charge in [0.25, 0.3) is 5.92 Å². The highest BCUT2D eigenvalue weighted by Crippen LogP contribution is 2.27. The lowest BCUT2D eigenvalue weighted by Gasteiger charge is -2.31. The number of halogens is 2. The number of piperidine rings is 1. The van der Waals surface area contributed by atoms with Crippen molar-refractivity contribution in [2.75, 3.05) is 26.7 Å². The second-order valence-corrected chi connectivity index (χ2v) is 5.53. The van der Waals surface area contributed by atoms with Gasteiger partial charge in [-0.05, 0) is 30.5 Å². The van der Waals surface area contributed by atoms with Crippen molar-refractivity contribution in [1.82, 2.24) is 10.2 Å². The second-order valence-electron chi connectivity index (χ2n) is 5.53. The van der Waals surface area contributed by atoms with Gasteiger partial charge in [0.1, 0.15) is 5.75 Å². The quantitative estimate of drug-likeness (QED) is 0.849. The number of carbonyl (C=O) groups excluding carboxylic acids is 1. The van der Waals surface area contributed by atoms with Crippen LogP contribution in [0.2, 0.25) is 0 Å². The zero-order valence-electron chi connectivity index (χ0n) is 12.8. The van der Waals surface area contributed by atoms with Crippen LogP contribution in [0.25, 0.3) is 0 Å². The molecule has 1 N–H and O–H groups in total. The lowest BCUT2D eigenvalue weighted by molar-refractivity contribution is -0.0469. The minimum absolute atomic E-state index is 0.122. The Hall–Kier alpha value is -1.85. The van der Waals surface area contributed by atoms with E-state index >= 15 is 0 Å². The molecule has 2 rings (SSSR count). The number of benzene rings is 1. The van der Waals surface area contributed by atoms with Crippen LogP contribution in [-0.4, -0.2) is 43.6 Å². The molecule has 1 aromatic carbocycles. The second kappa shape index (κ2) is 7.42. The monoisotopic (exact) mass is 312 g/mol. The van der Waals surface area contributed by atoms with E-state index in [0.717, 1.165) is 18.6 Å². The zero-order chi connectivity index (χ0) is 16.0. The topological polar surface area (TPSA) is 41.6 Å². The van der Waals surface area contributed by atoms with Crippen molar-refractivity contribution in [2.45, 2.75) is 31.6 Å². The van der Waals surface area contributed by atoms with Crippen molar-refractivity contribution in [3.8, 4) is 5.75 Å². The van der Waals surface area contributed by atoms with Gasteiger partial charge >= 0.3 is 6.03 Å². The zero-order valence-corrected chi connectivity index (χ0v) is 12.8. The van der Waals surface area contributed by atoms with Crippen molar-refractivity contribution >= 4 is 6.03 Å². The summed E-state index contributed by atoms with van der Waals surface area (Å²) in [4.78, 5) is 13.3. The Labute approximate surface area is 129 Å². The molecule has 2 amide bonds. The third-order valence-electron chi connectivity index (χ3n) is 3.86. The first-order valence-electron chi connectivity index (χ1n) is 7.54. The summed E-state index contributed by atoms with van der Waals surface area (Å²) < 4.78 is 31.1. The van der Waals surface area contributed by atoms with Gasteiger partial charge < -0.3 is 15.0 Å². The van der Waals surface area contributed by atoms with Crippen LogP contribution in [0.3, 0.4) is 0 Å². The first-order valence-corrected chi connectivity index (χ1v) is 7.54. The number of ether oxygens (including phenoxy) is 1. The van der Waals surface area contributed by atoms with E-state index in [1.54, 1.807) is 7.11 Å². The maximum absolute atomic E-state index is 13.0. The Bertz CT molecular complexity index is 481. The fourth-order valence-electron chi connectivity index (χ4n) is 2.43. The van der Waals surface area contributed by atoms with Gasteiger partial charge in [0, 0.05) is 32.5 Å². The lowest BCUT2D eigenvalue weighted by atomic mass is 10.1. The standard InChI is InChI=1S/C16H22F2N2O2/c1-22-14-6-4-13(5-7-14)3-2-10-19-15(21)20-11-8-16(17,18)9-12-20/h4-7H,2-3,8-12H2,1H3,(H,19,21). The molecule has 0 saturated carbocycles. The number of hydrogen-bond acceptors (Lipinski definition) is 2. The minimum atomic E-state index is -2.62. The molecule has 0 atom stereocenters. The summed E-state index contributed by atoms with van der Waals surface area (Å²) in [6, 6.07) is 7.55. The smallest absolute Gasteiger partial charge is 0.317 e. The van der Waals surface area contributed by atoms with Crippen LogP contribution in [0, 0.1) is 0 Å². The first kappa shape index (κ1) is 16.5. The van der Waals surface area contributed by atoms with E-state index in [4.69, 9.17) is 4.74 Å². The maximum Gasteiger partial charge on any atom is 0.317 e. The molecular weight excluding hydrogens is 290 g/mol. The van der Waals surface area contributed by atoms with E-state index in [0.29, 0.717) is 6.54 Å². The van der Waals surface area contributed by atoms with E-state index in [2.05, 4.69) is 5.32 Å². The number of nitrogens with one attached hydrogen (secondary N) is 1. The number of likely N-dealkylation sites (tertiary alicyclic amines) is 1. The molecule has 1 fully saturated rings. The number of carbonyl (C=O) groups is 1. The molecule has 22 heavy (non-hydrogen) atoms. The summed E-state index contributed by atoms with van der Waals surface area (Å²) in [5, 5.41) is 2.79. The Morgan fingerprint density at radius 1 is 1.27 bits per heavy atom. The number of methoxy groups -OCH3 is 1. The highest BCUT2D eigenvalue weighted by Gasteiger charge is 2.35. The van der Waals surface area contributed by atoms with Gasteiger partial charge in [-0.15, -0.1) is 0 Å². The molecule has 1 aliphatic rings. The predicted molar refractivity (Wildman–Crippen MR) is 80.5 cm³/mol. The molecule has 0 unspecified atom stereocenters. The van der Waals surface area contributed by atoms with Crippen molar-refractivity contribution in [1.29, 1.82) is 0 Å². The summed E-state index contributed by atoms with van der Waals surface area (Å²) in [5.74, 6) is -1.80. The molecule has 0 bridgehead atoms. The predicted octanol–water partition coefficient (Wildman–Crippen LogP) is 3.07. The maximum atomic E-state index is 13.0. The average Bonchev–Trinajstić information content (AvgIpc) is 2.52. The number of urea groups is 1. The molecule has 6 heteroatoms. The van der Waals surface area contributed by atoms with E-state index < -0.39 is 5.92 Å². The third-order valence-corrected chi connectivity index (χ3v) is 3.86. The molecule has 0 spiro atoms. The average molecular weight is 312 g/mol. The number of aryl methyl sites for hydroxylation is 1. The molecule has 4 nitrogen and oxygen atoms in total. The molecule has 0 radical (unpaired) electrons. The molecule has 1 saturated heterocycles. The molecule has 1 aromatic rings. The molecule has 0 aromatic heterocycles. The van der Waals surface area contributed by atoms with Crippen LogP contribution in [-0.2, 0) is 6.42 Å². The van der Waals surface area contributed by atoms with Crippen LogP contribution < -0.4 is 10.1 Å². The van der Waals surface area contributed by atoms with Gasteiger partial charge in [-0.25, -0.2) is 13.6 Å². The van der Waals surface area contributed by atoms with E-state index in [1.807, 2.05) is 24.3 Å². The molecule has 1 heterocycles. The van der Waals surface area contributed by atoms with Crippen LogP contribution in [0.1, 0.15) is 24.8 Å². The SMILES string of the molecule is COc1ccc(CCCNC(=O)N2CCC(F)(F)CC2)cc1. The Kier molecular flexibility index (Phi) is 5.57. The van der Waals surface area contributed by atoms with Gasteiger partial charge in [-0.2, -0.15) is 0 Å². The minimum Gasteiger partial charge on any atom is -0.497 e. The summed E-state index contributed by atoms with van der Waals surface area (Å²) >= 11 is 0. The number of rotatable bonds is 5. The number of alkyl halides is 2. The number of nitrogens with zero attached hydrogens (tertiary/aromatic N) is 1. The van der Waals surface area contributed by atoms with Gasteiger partial charge in [0.15, 0.2) is 0 Å². The Morgan fingerprint density at radius 3 is 2.50 bits per heavy atom. The lowest BCUT2D eigenvalue weighted by Crippen LogP contribution is -2.47. The fourth-order valence-corrected chi connectivity index (χ4v) is 2.43. The van der Waals surface area contributed by atoms with Crippen LogP contribution in [0.15, 0.2) is 24.3 Å². The van der Waals surface area contributed by atoms with Gasteiger partial charge in [-0.3, -0.25) is 0 Å². The molecule has 1 aliphatic heterocycles. The highest BCUT2D eigenvalue weighted by atomic mass is 19.3. The van der Waals surface area contributed by atoms with Crippen molar-refractivity contribution < 1.29 is 18.3 Å². The van der Waals surface area contributed by atoms with E-state index in [9.17, 15) is 13.6 Å². The van der Waals surface area contributed by atoms with Crippen LogP contribution in [0.4, 0.5) is 13.6 Å². The van der Waals surface area contributed by atoms with E-state index in [1.165, 1.54) is 10.5 Å². The van der Waals surface area contributed by atoms with Crippen LogP contribution >= 0.6 is 0 Å². The highest BCUT2D eigenvalue weighted by molar-refractivity contribution is 5.74. The van der Waals surface area contributed by atoms with Gasteiger partial charge in [-0.1, -0.05) is 12.1 Å². The fraction of sp³-hybridized carbons (Fsp3) is 0.562. The molecule has 0 aliphatic carbocycles. The molecule has 122 valence electrons. The number of amides is 2. The summed E-state index contributed by atoms with van der Waals surface area (Å²) in [6.45, 7) is 0.784. The van der Waals surface area contributed by atoms with Gasteiger partial charge in [0.05, 0.1) is 7.11 Å². The largest absolute Gasteiger partial charge is 0.497 e. The summed E-state index contributed by atoms with van der Waals surface area (Å²) in [6.07, 6.45) is 1.17. The summed E-state index contributed by atoms with van der Waals surface area (Å²) in [7, 11) is 1.63. The van der Waals surface area contributed by atoms with Crippen molar-refractivity contribution in [3.05, 3.63) is 29.8 Å². The normalized spacial score (nSPS) is 17.1.